The Morgan fingerprint density at radius 2 is 1.92 bits per heavy atom. The number of fused-ring (bicyclic) bond motifs is 2. The monoisotopic (exact) mass is 565 g/mol. The molecule has 1 fully saturated rings. The molecule has 2 aromatic carbocycles. The normalized spacial score (nSPS) is 25.3. The molecule has 1 saturated heterocycles. The van der Waals surface area contributed by atoms with E-state index < -0.39 is 37.6 Å². The molecule has 0 unspecified atom stereocenters. The number of nitrogens with one attached hydrogen (secondary N) is 3. The Morgan fingerprint density at radius 1 is 1.22 bits per heavy atom. The Morgan fingerprint density at radius 3 is 2.57 bits per heavy atom. The van der Waals surface area contributed by atoms with E-state index in [-0.39, 0.29) is 34.4 Å². The van der Waals surface area contributed by atoms with E-state index in [0.717, 1.165) is 0 Å². The van der Waals surface area contributed by atoms with Crippen molar-refractivity contribution in [3.8, 4) is 0 Å². The molecule has 0 saturated carbocycles. The Kier molecular flexibility index (Phi) is 7.55. The third-order valence-corrected chi connectivity index (χ3v) is 9.26. The van der Waals surface area contributed by atoms with Crippen LogP contribution in [0.15, 0.2) is 36.4 Å². The molecule has 2 aliphatic heterocycles. The minimum absolute atomic E-state index is 0.0751. The van der Waals surface area contributed by atoms with Crippen LogP contribution in [0.25, 0.3) is 0 Å². The van der Waals surface area contributed by atoms with Crippen molar-refractivity contribution >= 4 is 49.0 Å². The fourth-order valence-electron chi connectivity index (χ4n) is 5.75. The summed E-state index contributed by atoms with van der Waals surface area (Å²) in [4.78, 5) is 38.0. The van der Waals surface area contributed by atoms with Crippen LogP contribution in [-0.4, -0.2) is 43.6 Å². The molecule has 1 spiro atoms. The molecule has 2 amide bonds. The first-order valence-electron chi connectivity index (χ1n) is 12.5. The van der Waals surface area contributed by atoms with Gasteiger partial charge in [-0.2, -0.15) is 0 Å². The number of rotatable bonds is 6. The van der Waals surface area contributed by atoms with Crippen molar-refractivity contribution in [3.63, 3.8) is 0 Å². The van der Waals surface area contributed by atoms with Crippen molar-refractivity contribution in [1.82, 2.24) is 10.6 Å². The van der Waals surface area contributed by atoms with Crippen molar-refractivity contribution in [2.24, 2.45) is 5.41 Å². The lowest BCUT2D eigenvalue weighted by Crippen LogP contribution is -2.49. The standard InChI is InChI=1S/C27H34Cl2FN3O3Si/c1-26(2,3)14-20-27(17-10-9-15(28)13-19(17)32-25(27)35)21(16-7-6-8-18(29)22(16)30)23(33-20)24(34)31-11-12-37(4,5)36/h6-10,13,20-21,23,33,36H,11-12,14H2,1-5H3,(H,31,34)(H,32,35)/t20-,21-,23+,27+/m0/s1. The van der Waals surface area contributed by atoms with Crippen molar-refractivity contribution in [3.05, 3.63) is 63.4 Å². The first kappa shape index (κ1) is 28.0. The van der Waals surface area contributed by atoms with Gasteiger partial charge in [0.1, 0.15) is 11.2 Å². The summed E-state index contributed by atoms with van der Waals surface area (Å²) in [6.07, 6.45) is 0.543. The summed E-state index contributed by atoms with van der Waals surface area (Å²) in [5, 5.41) is 9.71. The van der Waals surface area contributed by atoms with Gasteiger partial charge >= 0.3 is 0 Å². The lowest BCUT2D eigenvalue weighted by Gasteiger charge is -2.37. The second-order valence-electron chi connectivity index (χ2n) is 11.9. The minimum Gasteiger partial charge on any atom is -0.432 e. The number of benzene rings is 2. The predicted molar refractivity (Wildman–Crippen MR) is 148 cm³/mol. The summed E-state index contributed by atoms with van der Waals surface area (Å²) in [7, 11) is -2.39. The maximum absolute atomic E-state index is 15.7. The highest BCUT2D eigenvalue weighted by Gasteiger charge is 2.66. The van der Waals surface area contributed by atoms with Crippen LogP contribution in [0.5, 0.6) is 0 Å². The van der Waals surface area contributed by atoms with Gasteiger partial charge < -0.3 is 20.7 Å². The number of halogens is 3. The van der Waals surface area contributed by atoms with Crippen molar-refractivity contribution < 1.29 is 18.8 Å². The second-order valence-corrected chi connectivity index (χ2v) is 16.9. The third kappa shape index (κ3) is 5.32. The van der Waals surface area contributed by atoms with E-state index in [2.05, 4.69) is 36.7 Å². The molecule has 4 N–H and O–H groups in total. The molecule has 10 heteroatoms. The summed E-state index contributed by atoms with van der Waals surface area (Å²) in [5.41, 5.74) is -0.0698. The zero-order valence-corrected chi connectivity index (χ0v) is 24.2. The Balaban J connectivity index is 1.91. The largest absolute Gasteiger partial charge is 0.432 e. The first-order chi connectivity index (χ1) is 17.1. The average molecular weight is 567 g/mol. The minimum atomic E-state index is -2.39. The molecule has 4 rings (SSSR count). The van der Waals surface area contributed by atoms with Crippen molar-refractivity contribution in [2.45, 2.75) is 69.7 Å². The molecule has 0 radical (unpaired) electrons. The van der Waals surface area contributed by atoms with E-state index in [1.165, 1.54) is 6.07 Å². The van der Waals surface area contributed by atoms with Gasteiger partial charge in [-0.05, 0) is 60.3 Å². The van der Waals surface area contributed by atoms with Crippen LogP contribution >= 0.6 is 23.2 Å². The van der Waals surface area contributed by atoms with Crippen LogP contribution in [0, 0.1) is 11.2 Å². The van der Waals surface area contributed by atoms with Gasteiger partial charge in [-0.25, -0.2) is 4.39 Å². The van der Waals surface area contributed by atoms with E-state index in [9.17, 15) is 14.4 Å². The summed E-state index contributed by atoms with van der Waals surface area (Å²) in [6, 6.07) is 8.94. The highest BCUT2D eigenvalue weighted by molar-refractivity contribution is 6.69. The van der Waals surface area contributed by atoms with Gasteiger partial charge in [0.05, 0.1) is 11.1 Å². The number of hydrogen-bond acceptors (Lipinski definition) is 4. The maximum atomic E-state index is 15.7. The van der Waals surface area contributed by atoms with E-state index in [1.807, 2.05) is 0 Å². The Labute approximate surface area is 228 Å². The van der Waals surface area contributed by atoms with Gasteiger partial charge in [0.25, 0.3) is 0 Å². The summed E-state index contributed by atoms with van der Waals surface area (Å²) in [6.45, 7) is 10.1. The number of amides is 2. The molecule has 6 nitrogen and oxygen atoms in total. The third-order valence-electron chi connectivity index (χ3n) is 7.26. The topological polar surface area (TPSA) is 90.5 Å². The second kappa shape index (κ2) is 9.97. The Bertz CT molecular complexity index is 1230. The van der Waals surface area contributed by atoms with Gasteiger partial charge in [-0.1, -0.05) is 62.2 Å². The van der Waals surface area contributed by atoms with E-state index in [1.54, 1.807) is 43.4 Å². The molecule has 37 heavy (non-hydrogen) atoms. The molecule has 2 aromatic rings. The highest BCUT2D eigenvalue weighted by atomic mass is 35.5. The zero-order chi connectivity index (χ0) is 27.3. The van der Waals surface area contributed by atoms with Gasteiger partial charge in [0, 0.05) is 29.2 Å². The fraction of sp³-hybridized carbons (Fsp3) is 0.481. The summed E-state index contributed by atoms with van der Waals surface area (Å²) in [5.74, 6) is -2.20. The Hall–Kier alpha value is -1.97. The maximum Gasteiger partial charge on any atom is 0.237 e. The van der Waals surface area contributed by atoms with Gasteiger partial charge in [-0.15, -0.1) is 0 Å². The van der Waals surface area contributed by atoms with Gasteiger partial charge in [-0.3, -0.25) is 9.59 Å². The van der Waals surface area contributed by atoms with E-state index in [0.29, 0.717) is 28.7 Å². The van der Waals surface area contributed by atoms with Crippen LogP contribution in [0.1, 0.15) is 44.2 Å². The highest BCUT2D eigenvalue weighted by Crippen LogP contribution is 2.57. The SMILES string of the molecule is CC(C)(C)C[C@@H]1N[C@@H](C(=O)NCC[Si](C)(C)O)[C@H](c2cccc(Cl)c2F)[C@]12C(=O)Nc1cc(Cl)ccc12. The lowest BCUT2D eigenvalue weighted by molar-refractivity contribution is -0.123. The predicted octanol–water partition coefficient (Wildman–Crippen LogP) is 5.20. The lowest BCUT2D eigenvalue weighted by atomic mass is 9.62. The zero-order valence-electron chi connectivity index (χ0n) is 21.7. The molecular weight excluding hydrogens is 532 g/mol. The molecular formula is C27H34Cl2FN3O3Si. The molecule has 2 aliphatic rings. The fourth-order valence-corrected chi connectivity index (χ4v) is 6.84. The van der Waals surface area contributed by atoms with Crippen LogP contribution < -0.4 is 16.0 Å². The number of anilines is 1. The van der Waals surface area contributed by atoms with E-state index in [4.69, 9.17) is 23.2 Å². The summed E-state index contributed by atoms with van der Waals surface area (Å²) >= 11 is 12.5. The van der Waals surface area contributed by atoms with Crippen LogP contribution in [0.4, 0.5) is 10.1 Å². The molecule has 0 aliphatic carbocycles. The van der Waals surface area contributed by atoms with Crippen LogP contribution in [-0.2, 0) is 15.0 Å². The van der Waals surface area contributed by atoms with Crippen molar-refractivity contribution in [1.29, 1.82) is 0 Å². The van der Waals surface area contributed by atoms with Gasteiger partial charge in [0.2, 0.25) is 11.8 Å². The number of carbonyl (C=O) groups is 2. The van der Waals surface area contributed by atoms with Crippen LogP contribution in [0.2, 0.25) is 29.2 Å². The number of hydrogen-bond donors (Lipinski definition) is 4. The summed E-state index contributed by atoms with van der Waals surface area (Å²) < 4.78 is 15.7. The number of carbonyl (C=O) groups excluding carboxylic acids is 2. The molecule has 200 valence electrons. The van der Waals surface area contributed by atoms with E-state index >= 15 is 4.39 Å². The smallest absolute Gasteiger partial charge is 0.237 e. The molecule has 0 bridgehead atoms. The van der Waals surface area contributed by atoms with Crippen LogP contribution in [0.3, 0.4) is 0 Å². The van der Waals surface area contributed by atoms with Gasteiger partial charge in [0.15, 0.2) is 8.32 Å². The first-order valence-corrected chi connectivity index (χ1v) is 16.4. The quantitative estimate of drug-likeness (QED) is 0.362. The average Bonchev–Trinajstić information content (AvgIpc) is 3.23. The van der Waals surface area contributed by atoms with Crippen molar-refractivity contribution in [2.75, 3.05) is 11.9 Å². The molecule has 0 aromatic heterocycles. The molecule has 2 heterocycles. The molecule has 4 atom stereocenters.